The number of nitrogens with one attached hydrogen (secondary N) is 2. The molecule has 0 spiro atoms. The molecule has 1 fully saturated rings. The Labute approximate surface area is 124 Å². The lowest BCUT2D eigenvalue weighted by Crippen LogP contribution is -2.17. The van der Waals surface area contributed by atoms with Crippen molar-refractivity contribution in [1.82, 2.24) is 19.5 Å². The molecule has 2 heterocycles. The maximum absolute atomic E-state index is 12.1. The second kappa shape index (κ2) is 5.87. The van der Waals surface area contributed by atoms with Crippen molar-refractivity contribution in [2.75, 3.05) is 11.9 Å². The van der Waals surface area contributed by atoms with E-state index in [0.29, 0.717) is 22.9 Å². The molecule has 21 heavy (non-hydrogen) atoms. The van der Waals surface area contributed by atoms with Crippen LogP contribution in [0.5, 0.6) is 0 Å². The van der Waals surface area contributed by atoms with Gasteiger partial charge in [0.25, 0.3) is 5.56 Å². The molecule has 0 bridgehead atoms. The molecule has 2 aromatic rings. The molecule has 6 heteroatoms. The van der Waals surface area contributed by atoms with Gasteiger partial charge in [-0.05, 0) is 32.6 Å². The van der Waals surface area contributed by atoms with Gasteiger partial charge in [-0.3, -0.25) is 9.36 Å². The number of hydrogen-bond acceptors (Lipinski definition) is 4. The van der Waals surface area contributed by atoms with Crippen LogP contribution >= 0.6 is 0 Å². The third-order valence-corrected chi connectivity index (χ3v) is 4.22. The third-order valence-electron chi connectivity index (χ3n) is 4.22. The lowest BCUT2D eigenvalue weighted by Gasteiger charge is -2.23. The minimum Gasteiger partial charge on any atom is -0.356 e. The van der Waals surface area contributed by atoms with Gasteiger partial charge in [0, 0.05) is 13.1 Å². The summed E-state index contributed by atoms with van der Waals surface area (Å²) >= 11 is 0. The molecule has 114 valence electrons. The van der Waals surface area contributed by atoms with Gasteiger partial charge in [0.05, 0.1) is 0 Å². The minimum absolute atomic E-state index is 0.154. The highest BCUT2D eigenvalue weighted by Crippen LogP contribution is 2.27. The monoisotopic (exact) mass is 289 g/mol. The van der Waals surface area contributed by atoms with Crippen LogP contribution in [0.1, 0.15) is 44.9 Å². The largest absolute Gasteiger partial charge is 0.356 e. The third kappa shape index (κ3) is 2.80. The first-order chi connectivity index (χ1) is 10.2. The predicted octanol–water partition coefficient (Wildman–Crippen LogP) is 2.44. The van der Waals surface area contributed by atoms with E-state index < -0.39 is 0 Å². The van der Waals surface area contributed by atoms with E-state index in [-0.39, 0.29) is 5.56 Å². The Morgan fingerprint density at radius 3 is 2.76 bits per heavy atom. The zero-order valence-electron chi connectivity index (χ0n) is 12.8. The van der Waals surface area contributed by atoms with Crippen LogP contribution in [-0.4, -0.2) is 26.1 Å². The summed E-state index contributed by atoms with van der Waals surface area (Å²) in [6.45, 7) is 5.53. The molecule has 2 aromatic heterocycles. The number of rotatable bonds is 4. The van der Waals surface area contributed by atoms with E-state index in [9.17, 15) is 4.79 Å². The van der Waals surface area contributed by atoms with Crippen molar-refractivity contribution in [2.45, 2.75) is 52.5 Å². The molecule has 0 aliphatic heterocycles. The van der Waals surface area contributed by atoms with Gasteiger partial charge >= 0.3 is 0 Å². The summed E-state index contributed by atoms with van der Waals surface area (Å²) in [6, 6.07) is 0. The van der Waals surface area contributed by atoms with Crippen LogP contribution in [0.25, 0.3) is 11.2 Å². The fourth-order valence-corrected chi connectivity index (χ4v) is 3.21. The topological polar surface area (TPSA) is 75.6 Å². The van der Waals surface area contributed by atoms with Crippen molar-refractivity contribution in [3.05, 3.63) is 16.2 Å². The van der Waals surface area contributed by atoms with Crippen molar-refractivity contribution in [3.63, 3.8) is 0 Å². The smallest absolute Gasteiger partial charge is 0.279 e. The first kappa shape index (κ1) is 14.1. The van der Waals surface area contributed by atoms with Crippen LogP contribution in [0.4, 0.5) is 5.95 Å². The number of fused-ring (bicyclic) bond motifs is 1. The van der Waals surface area contributed by atoms with Crippen LogP contribution in [0.2, 0.25) is 0 Å². The second-order valence-electron chi connectivity index (χ2n) is 5.90. The molecule has 3 rings (SSSR count). The van der Waals surface area contributed by atoms with Crippen molar-refractivity contribution in [2.24, 2.45) is 5.92 Å². The normalized spacial score (nSPS) is 16.5. The molecule has 6 nitrogen and oxygen atoms in total. The molecular weight excluding hydrogens is 266 g/mol. The fraction of sp³-hybridized carbons (Fsp3) is 0.667. The average Bonchev–Trinajstić information content (AvgIpc) is 2.79. The zero-order valence-corrected chi connectivity index (χ0v) is 12.8. The van der Waals surface area contributed by atoms with Crippen LogP contribution in [0.3, 0.4) is 0 Å². The average molecular weight is 289 g/mol. The standard InChI is InChI=1S/C15H23N5O/c1-3-16-15-19-12-13(17-10(2)18-14(12)21)20(15)9-11-7-5-4-6-8-11/h11H,3-9H2,1-2H3,(H,16,19)(H,17,18,21). The highest BCUT2D eigenvalue weighted by Gasteiger charge is 2.20. The molecule has 1 aliphatic rings. The Morgan fingerprint density at radius 1 is 1.29 bits per heavy atom. The molecular formula is C15H23N5O. The predicted molar refractivity (Wildman–Crippen MR) is 83.6 cm³/mol. The summed E-state index contributed by atoms with van der Waals surface area (Å²) in [7, 11) is 0. The maximum atomic E-state index is 12.1. The van der Waals surface area contributed by atoms with Gasteiger partial charge < -0.3 is 10.3 Å². The van der Waals surface area contributed by atoms with E-state index in [1.165, 1.54) is 32.1 Å². The zero-order chi connectivity index (χ0) is 14.8. The molecule has 1 saturated carbocycles. The second-order valence-corrected chi connectivity index (χ2v) is 5.90. The van der Waals surface area contributed by atoms with Gasteiger partial charge in [-0.15, -0.1) is 0 Å². The number of aromatic amines is 1. The van der Waals surface area contributed by atoms with Gasteiger partial charge in [0.1, 0.15) is 5.82 Å². The Balaban J connectivity index is 2.04. The Morgan fingerprint density at radius 2 is 2.05 bits per heavy atom. The molecule has 0 atom stereocenters. The first-order valence-electron chi connectivity index (χ1n) is 7.90. The van der Waals surface area contributed by atoms with Crippen molar-refractivity contribution in [1.29, 1.82) is 0 Å². The minimum atomic E-state index is -0.154. The summed E-state index contributed by atoms with van der Waals surface area (Å²) in [4.78, 5) is 23.8. The Bertz CT molecular complexity index is 681. The number of aromatic nitrogens is 4. The van der Waals surface area contributed by atoms with E-state index in [1.54, 1.807) is 0 Å². The summed E-state index contributed by atoms with van der Waals surface area (Å²) < 4.78 is 2.09. The van der Waals surface area contributed by atoms with Crippen LogP contribution in [0.15, 0.2) is 4.79 Å². The van der Waals surface area contributed by atoms with Crippen molar-refractivity contribution in [3.8, 4) is 0 Å². The fourth-order valence-electron chi connectivity index (χ4n) is 3.21. The molecule has 0 radical (unpaired) electrons. The van der Waals surface area contributed by atoms with Crippen molar-refractivity contribution < 1.29 is 0 Å². The summed E-state index contributed by atoms with van der Waals surface area (Å²) in [5.74, 6) is 2.07. The Kier molecular flexibility index (Phi) is 3.94. The van der Waals surface area contributed by atoms with Crippen LogP contribution in [-0.2, 0) is 6.54 Å². The van der Waals surface area contributed by atoms with Gasteiger partial charge in [-0.1, -0.05) is 19.3 Å². The highest BCUT2D eigenvalue weighted by molar-refractivity contribution is 5.73. The van der Waals surface area contributed by atoms with Crippen LogP contribution < -0.4 is 10.9 Å². The number of aryl methyl sites for hydroxylation is 1. The number of imidazole rings is 1. The number of nitrogens with zero attached hydrogens (tertiary/aromatic N) is 3. The quantitative estimate of drug-likeness (QED) is 0.906. The summed E-state index contributed by atoms with van der Waals surface area (Å²) in [5, 5.41) is 3.26. The summed E-state index contributed by atoms with van der Waals surface area (Å²) in [6.07, 6.45) is 6.47. The summed E-state index contributed by atoms with van der Waals surface area (Å²) in [5.41, 5.74) is 0.990. The maximum Gasteiger partial charge on any atom is 0.279 e. The van der Waals surface area contributed by atoms with Gasteiger partial charge in [-0.25, -0.2) is 9.97 Å². The van der Waals surface area contributed by atoms with E-state index >= 15 is 0 Å². The molecule has 0 saturated heterocycles. The van der Waals surface area contributed by atoms with E-state index in [4.69, 9.17) is 0 Å². The first-order valence-corrected chi connectivity index (χ1v) is 7.90. The van der Waals surface area contributed by atoms with Gasteiger partial charge in [-0.2, -0.15) is 0 Å². The van der Waals surface area contributed by atoms with Gasteiger partial charge in [0.15, 0.2) is 11.2 Å². The van der Waals surface area contributed by atoms with E-state index in [1.807, 2.05) is 13.8 Å². The number of anilines is 1. The lowest BCUT2D eigenvalue weighted by molar-refractivity contribution is 0.323. The molecule has 0 amide bonds. The van der Waals surface area contributed by atoms with E-state index in [2.05, 4.69) is 24.8 Å². The number of H-pyrrole nitrogens is 1. The molecule has 1 aliphatic carbocycles. The molecule has 0 unspecified atom stereocenters. The Hall–Kier alpha value is -1.85. The molecule has 0 aromatic carbocycles. The number of hydrogen-bond donors (Lipinski definition) is 2. The van der Waals surface area contributed by atoms with Crippen LogP contribution in [0, 0.1) is 12.8 Å². The molecule has 2 N–H and O–H groups in total. The van der Waals surface area contributed by atoms with E-state index in [0.717, 1.165) is 19.0 Å². The SMILES string of the molecule is CCNc1nc2c(=O)[nH]c(C)nc2n1CC1CCCCC1. The highest BCUT2D eigenvalue weighted by atomic mass is 16.1. The van der Waals surface area contributed by atoms with Crippen molar-refractivity contribution >= 4 is 17.1 Å². The van der Waals surface area contributed by atoms with Gasteiger partial charge in [0.2, 0.25) is 5.95 Å². The lowest BCUT2D eigenvalue weighted by atomic mass is 9.89.